The molecule has 5 rings (SSSR count). The van der Waals surface area contributed by atoms with E-state index in [1.165, 1.54) is 12.1 Å². The third-order valence-corrected chi connectivity index (χ3v) is 5.63. The molecule has 0 saturated carbocycles. The van der Waals surface area contributed by atoms with Crippen molar-refractivity contribution in [2.45, 2.75) is 19.4 Å². The topological polar surface area (TPSA) is 84.3 Å². The number of carbonyl (C=O) groups excluding carboxylic acids is 3. The second-order valence-electron chi connectivity index (χ2n) is 7.77. The molecular weight excluding hydrogens is 442 g/mol. The van der Waals surface area contributed by atoms with E-state index in [4.69, 9.17) is 0 Å². The standard InChI is InChI=1S/C25H18F2N4O3/c26-25(27)31-20-4-2-1-3-19(20)29-23(31)15-5-9-17(10-6-15)28-24(34)16-7-11-18(12-8-16)30-21(32)13-14-22(30)33/h1-12,25H,13-14H2,(H,28,34). The smallest absolute Gasteiger partial charge is 0.320 e. The lowest BCUT2D eigenvalue weighted by atomic mass is 10.1. The van der Waals surface area contributed by atoms with Crippen molar-refractivity contribution in [3.8, 4) is 11.4 Å². The number of aromatic nitrogens is 2. The van der Waals surface area contributed by atoms with Gasteiger partial charge in [0.05, 0.1) is 16.7 Å². The summed E-state index contributed by atoms with van der Waals surface area (Å²) in [6.45, 7) is -2.75. The van der Waals surface area contributed by atoms with Crippen LogP contribution >= 0.6 is 0 Å². The lowest BCUT2D eigenvalue weighted by Gasteiger charge is -2.14. The normalized spacial score (nSPS) is 13.8. The molecule has 2 heterocycles. The Labute approximate surface area is 192 Å². The van der Waals surface area contributed by atoms with Crippen LogP contribution in [0.25, 0.3) is 22.4 Å². The number of hydrogen-bond acceptors (Lipinski definition) is 4. The number of para-hydroxylation sites is 2. The maximum Gasteiger partial charge on any atom is 0.320 e. The highest BCUT2D eigenvalue weighted by molar-refractivity contribution is 6.20. The van der Waals surface area contributed by atoms with Crippen LogP contribution in [0.5, 0.6) is 0 Å². The van der Waals surface area contributed by atoms with Crippen LogP contribution in [0.15, 0.2) is 72.8 Å². The maximum absolute atomic E-state index is 13.7. The molecule has 7 nitrogen and oxygen atoms in total. The Balaban J connectivity index is 1.34. The van der Waals surface area contributed by atoms with Crippen molar-refractivity contribution in [3.63, 3.8) is 0 Å². The second-order valence-corrected chi connectivity index (χ2v) is 7.77. The van der Waals surface area contributed by atoms with Crippen molar-refractivity contribution in [3.05, 3.63) is 78.4 Å². The predicted molar refractivity (Wildman–Crippen MR) is 123 cm³/mol. The van der Waals surface area contributed by atoms with E-state index in [1.807, 2.05) is 0 Å². The third-order valence-electron chi connectivity index (χ3n) is 5.63. The van der Waals surface area contributed by atoms with E-state index in [-0.39, 0.29) is 30.5 Å². The molecule has 34 heavy (non-hydrogen) atoms. The number of carbonyl (C=O) groups is 3. The molecule has 1 fully saturated rings. The van der Waals surface area contributed by atoms with E-state index in [0.29, 0.717) is 33.5 Å². The summed E-state index contributed by atoms with van der Waals surface area (Å²) in [6.07, 6.45) is 0.370. The molecule has 0 aliphatic carbocycles. The van der Waals surface area contributed by atoms with Crippen LogP contribution in [0, 0.1) is 0 Å². The van der Waals surface area contributed by atoms with Gasteiger partial charge in [0.2, 0.25) is 11.8 Å². The van der Waals surface area contributed by atoms with Crippen molar-refractivity contribution in [2.75, 3.05) is 10.2 Å². The fourth-order valence-corrected chi connectivity index (χ4v) is 3.98. The fourth-order valence-electron chi connectivity index (χ4n) is 3.98. The zero-order chi connectivity index (χ0) is 23.8. The molecule has 1 saturated heterocycles. The average molecular weight is 460 g/mol. The van der Waals surface area contributed by atoms with Gasteiger partial charge in [-0.3, -0.25) is 23.9 Å². The number of nitrogens with zero attached hydrogens (tertiary/aromatic N) is 3. The number of rotatable bonds is 5. The quantitative estimate of drug-likeness (QED) is 0.425. The molecule has 170 valence electrons. The van der Waals surface area contributed by atoms with Gasteiger partial charge in [-0.15, -0.1) is 0 Å². The minimum Gasteiger partial charge on any atom is -0.322 e. The number of fused-ring (bicyclic) bond motifs is 1. The molecule has 0 unspecified atom stereocenters. The Morgan fingerprint density at radius 3 is 2.18 bits per heavy atom. The van der Waals surface area contributed by atoms with Crippen LogP contribution in [-0.4, -0.2) is 27.3 Å². The predicted octanol–water partition coefficient (Wildman–Crippen LogP) is 5.00. The highest BCUT2D eigenvalue weighted by Crippen LogP contribution is 2.30. The SMILES string of the molecule is O=C(Nc1ccc(-c2nc3ccccc3n2C(F)F)cc1)c1ccc(N2C(=O)CCC2=O)cc1. The highest BCUT2D eigenvalue weighted by Gasteiger charge is 2.30. The van der Waals surface area contributed by atoms with Gasteiger partial charge >= 0.3 is 6.55 Å². The summed E-state index contributed by atoms with van der Waals surface area (Å²) < 4.78 is 28.3. The summed E-state index contributed by atoms with van der Waals surface area (Å²) in [4.78, 5) is 41.8. The lowest BCUT2D eigenvalue weighted by molar-refractivity contribution is -0.121. The summed E-state index contributed by atoms with van der Waals surface area (Å²) >= 11 is 0. The van der Waals surface area contributed by atoms with Crippen molar-refractivity contribution < 1.29 is 23.2 Å². The third kappa shape index (κ3) is 3.81. The van der Waals surface area contributed by atoms with Crippen LogP contribution < -0.4 is 10.2 Å². The monoisotopic (exact) mass is 460 g/mol. The van der Waals surface area contributed by atoms with E-state index in [0.717, 1.165) is 9.47 Å². The molecular formula is C25H18F2N4O3. The number of halogens is 2. The summed E-state index contributed by atoms with van der Waals surface area (Å²) in [7, 11) is 0. The number of amides is 3. The zero-order valence-corrected chi connectivity index (χ0v) is 17.7. The number of benzene rings is 3. The Morgan fingerprint density at radius 1 is 0.882 bits per heavy atom. The van der Waals surface area contributed by atoms with Gasteiger partial charge in [0.25, 0.3) is 5.91 Å². The van der Waals surface area contributed by atoms with Crippen molar-refractivity contribution in [1.82, 2.24) is 9.55 Å². The van der Waals surface area contributed by atoms with Gasteiger partial charge in [-0.1, -0.05) is 12.1 Å². The second kappa shape index (κ2) is 8.51. The van der Waals surface area contributed by atoms with E-state index in [9.17, 15) is 23.2 Å². The van der Waals surface area contributed by atoms with Gasteiger partial charge in [0.1, 0.15) is 5.82 Å². The number of imidazole rings is 1. The first-order valence-corrected chi connectivity index (χ1v) is 10.5. The summed E-state index contributed by atoms with van der Waals surface area (Å²) in [5.41, 5.74) is 2.53. The van der Waals surface area contributed by atoms with Gasteiger partial charge < -0.3 is 5.32 Å². The molecule has 0 radical (unpaired) electrons. The van der Waals surface area contributed by atoms with Gasteiger partial charge in [-0.25, -0.2) is 4.98 Å². The summed E-state index contributed by atoms with van der Waals surface area (Å²) in [6, 6.07) is 19.3. The number of anilines is 2. The molecule has 3 aromatic carbocycles. The molecule has 1 aliphatic heterocycles. The summed E-state index contributed by atoms with van der Waals surface area (Å²) in [5, 5.41) is 2.75. The Morgan fingerprint density at radius 2 is 1.53 bits per heavy atom. The zero-order valence-electron chi connectivity index (χ0n) is 17.7. The van der Waals surface area contributed by atoms with E-state index < -0.39 is 12.5 Å². The van der Waals surface area contributed by atoms with Crippen molar-refractivity contribution >= 4 is 40.1 Å². The van der Waals surface area contributed by atoms with Crippen LogP contribution in [-0.2, 0) is 9.59 Å². The largest absolute Gasteiger partial charge is 0.322 e. The van der Waals surface area contributed by atoms with Crippen molar-refractivity contribution in [2.24, 2.45) is 0 Å². The van der Waals surface area contributed by atoms with Gasteiger partial charge in [0, 0.05) is 29.7 Å². The van der Waals surface area contributed by atoms with E-state index >= 15 is 0 Å². The number of alkyl halides is 2. The first kappa shape index (κ1) is 21.4. The lowest BCUT2D eigenvalue weighted by Crippen LogP contribution is -2.28. The molecule has 9 heteroatoms. The van der Waals surface area contributed by atoms with Gasteiger partial charge in [-0.2, -0.15) is 8.78 Å². The molecule has 3 amide bonds. The Hall–Kier alpha value is -4.40. The molecule has 1 N–H and O–H groups in total. The minimum atomic E-state index is -2.75. The Kier molecular flexibility index (Phi) is 5.37. The number of hydrogen-bond donors (Lipinski definition) is 1. The first-order chi connectivity index (χ1) is 16.4. The number of imide groups is 1. The maximum atomic E-state index is 13.7. The highest BCUT2D eigenvalue weighted by atomic mass is 19.3. The van der Waals surface area contributed by atoms with Crippen LogP contribution in [0.4, 0.5) is 20.2 Å². The Bertz CT molecular complexity index is 1400. The van der Waals surface area contributed by atoms with Crippen LogP contribution in [0.1, 0.15) is 29.7 Å². The van der Waals surface area contributed by atoms with E-state index in [1.54, 1.807) is 60.7 Å². The molecule has 0 spiro atoms. The fraction of sp³-hybridized carbons (Fsp3) is 0.120. The van der Waals surface area contributed by atoms with Crippen LogP contribution in [0.3, 0.4) is 0 Å². The molecule has 1 aromatic heterocycles. The van der Waals surface area contributed by atoms with Gasteiger partial charge in [0.15, 0.2) is 0 Å². The molecule has 0 bridgehead atoms. The minimum absolute atomic E-state index is 0.135. The molecule has 0 atom stereocenters. The molecule has 1 aliphatic rings. The molecule has 4 aromatic rings. The van der Waals surface area contributed by atoms with Gasteiger partial charge in [-0.05, 0) is 60.7 Å². The average Bonchev–Trinajstić information content (AvgIpc) is 3.39. The van der Waals surface area contributed by atoms with Crippen LogP contribution in [0.2, 0.25) is 0 Å². The van der Waals surface area contributed by atoms with Crippen molar-refractivity contribution in [1.29, 1.82) is 0 Å². The number of nitrogens with one attached hydrogen (secondary N) is 1. The summed E-state index contributed by atoms with van der Waals surface area (Å²) in [5.74, 6) is -0.779. The van der Waals surface area contributed by atoms with E-state index in [2.05, 4.69) is 10.3 Å². The first-order valence-electron chi connectivity index (χ1n) is 10.5.